The van der Waals surface area contributed by atoms with Crippen LogP contribution in [-0.2, 0) is 0 Å². The molecule has 2 N–H and O–H groups in total. The van der Waals surface area contributed by atoms with Crippen molar-refractivity contribution >= 4 is 0 Å². The molecule has 2 heteroatoms. The second kappa shape index (κ2) is 3.64. The van der Waals surface area contributed by atoms with Crippen LogP contribution in [-0.4, -0.2) is 16.0 Å². The lowest BCUT2D eigenvalue weighted by molar-refractivity contribution is -0.162. The van der Waals surface area contributed by atoms with Crippen LogP contribution in [0.25, 0.3) is 0 Å². The van der Waals surface area contributed by atoms with E-state index in [0.717, 1.165) is 6.42 Å². The second-order valence-electron chi connectivity index (χ2n) is 2.23. The summed E-state index contributed by atoms with van der Waals surface area (Å²) in [6.07, 6.45) is 2.95. The van der Waals surface area contributed by atoms with Gasteiger partial charge in [0.1, 0.15) is 0 Å². The van der Waals surface area contributed by atoms with Crippen LogP contribution < -0.4 is 0 Å². The number of aliphatic hydroxyl groups is 2. The highest BCUT2D eigenvalue weighted by molar-refractivity contribution is 4.76. The van der Waals surface area contributed by atoms with Crippen LogP contribution >= 0.6 is 0 Å². The maximum absolute atomic E-state index is 9.00. The maximum atomic E-state index is 9.00. The largest absolute Gasteiger partial charge is 0.365 e. The average Bonchev–Trinajstić information content (AvgIpc) is 1.64. The van der Waals surface area contributed by atoms with Crippen molar-refractivity contribution in [2.75, 3.05) is 0 Å². The van der Waals surface area contributed by atoms with Crippen LogP contribution in [0.2, 0.25) is 0 Å². The molecule has 0 heterocycles. The standard InChI is InChI=1S/C7H14O2/c1-3-5-7(8,9)6-4-2/h3,8-9H,1,4-6H2,2H3. The van der Waals surface area contributed by atoms with Gasteiger partial charge in [0, 0.05) is 12.8 Å². The first-order valence-electron chi connectivity index (χ1n) is 3.18. The molecular formula is C7H14O2. The van der Waals surface area contributed by atoms with E-state index in [1.54, 1.807) is 0 Å². The molecule has 0 saturated carbocycles. The second-order valence-corrected chi connectivity index (χ2v) is 2.23. The molecule has 0 saturated heterocycles. The van der Waals surface area contributed by atoms with Crippen LogP contribution in [0.1, 0.15) is 26.2 Å². The van der Waals surface area contributed by atoms with Gasteiger partial charge in [0.05, 0.1) is 0 Å². The molecular weight excluding hydrogens is 116 g/mol. The summed E-state index contributed by atoms with van der Waals surface area (Å²) in [6.45, 7) is 5.32. The molecule has 0 amide bonds. The van der Waals surface area contributed by atoms with Crippen LogP contribution in [0.3, 0.4) is 0 Å². The van der Waals surface area contributed by atoms with Crippen molar-refractivity contribution < 1.29 is 10.2 Å². The molecule has 0 radical (unpaired) electrons. The molecule has 0 bridgehead atoms. The van der Waals surface area contributed by atoms with Gasteiger partial charge in [-0.3, -0.25) is 0 Å². The lowest BCUT2D eigenvalue weighted by atomic mass is 10.1. The highest BCUT2D eigenvalue weighted by Crippen LogP contribution is 2.12. The van der Waals surface area contributed by atoms with Crippen LogP contribution in [0.5, 0.6) is 0 Å². The summed E-state index contributed by atoms with van der Waals surface area (Å²) in [4.78, 5) is 0. The van der Waals surface area contributed by atoms with E-state index in [1.807, 2.05) is 6.92 Å². The fourth-order valence-corrected chi connectivity index (χ4v) is 0.734. The third-order valence-electron chi connectivity index (χ3n) is 1.12. The highest BCUT2D eigenvalue weighted by atomic mass is 16.5. The van der Waals surface area contributed by atoms with Gasteiger partial charge in [-0.2, -0.15) is 0 Å². The van der Waals surface area contributed by atoms with Gasteiger partial charge in [0.25, 0.3) is 0 Å². The molecule has 9 heavy (non-hydrogen) atoms. The van der Waals surface area contributed by atoms with E-state index in [4.69, 9.17) is 10.2 Å². The molecule has 54 valence electrons. The quantitative estimate of drug-likeness (QED) is 0.441. The monoisotopic (exact) mass is 130 g/mol. The Morgan fingerprint density at radius 3 is 2.44 bits per heavy atom. The molecule has 0 aliphatic carbocycles. The zero-order chi connectivity index (χ0) is 7.33. The van der Waals surface area contributed by atoms with E-state index in [1.165, 1.54) is 6.08 Å². The third kappa shape index (κ3) is 4.18. The van der Waals surface area contributed by atoms with Gasteiger partial charge >= 0.3 is 0 Å². The molecule has 0 fully saturated rings. The zero-order valence-corrected chi connectivity index (χ0v) is 5.80. The summed E-state index contributed by atoms with van der Waals surface area (Å²) in [5, 5.41) is 18.0. The minimum absolute atomic E-state index is 0.251. The summed E-state index contributed by atoms with van der Waals surface area (Å²) < 4.78 is 0. The van der Waals surface area contributed by atoms with Gasteiger partial charge in [-0.1, -0.05) is 19.4 Å². The Bertz CT molecular complexity index is 86.9. The molecule has 0 aliphatic rings. The molecule has 0 aromatic carbocycles. The van der Waals surface area contributed by atoms with E-state index in [2.05, 4.69) is 6.58 Å². The lowest BCUT2D eigenvalue weighted by Crippen LogP contribution is -2.26. The Morgan fingerprint density at radius 2 is 2.11 bits per heavy atom. The molecule has 0 aromatic rings. The van der Waals surface area contributed by atoms with Crippen molar-refractivity contribution in [1.29, 1.82) is 0 Å². The molecule has 0 spiro atoms. The van der Waals surface area contributed by atoms with Crippen LogP contribution in [0.4, 0.5) is 0 Å². The summed E-state index contributed by atoms with van der Waals surface area (Å²) in [7, 11) is 0. The summed E-state index contributed by atoms with van der Waals surface area (Å²) in [5.41, 5.74) is 0. The van der Waals surface area contributed by atoms with Gasteiger partial charge in [-0.05, 0) is 0 Å². The molecule has 0 rings (SSSR count). The normalized spacial score (nSPS) is 11.4. The van der Waals surface area contributed by atoms with Gasteiger partial charge in [-0.15, -0.1) is 6.58 Å². The van der Waals surface area contributed by atoms with Gasteiger partial charge in [0.15, 0.2) is 5.79 Å². The minimum Gasteiger partial charge on any atom is -0.365 e. The first-order chi connectivity index (χ1) is 4.12. The smallest absolute Gasteiger partial charge is 0.165 e. The molecule has 0 unspecified atom stereocenters. The predicted octanol–water partition coefficient (Wildman–Crippen LogP) is 1.04. The summed E-state index contributed by atoms with van der Waals surface area (Å²) >= 11 is 0. The first-order valence-corrected chi connectivity index (χ1v) is 3.18. The predicted molar refractivity (Wildman–Crippen MR) is 36.9 cm³/mol. The first kappa shape index (κ1) is 8.66. The maximum Gasteiger partial charge on any atom is 0.165 e. The van der Waals surface area contributed by atoms with E-state index >= 15 is 0 Å². The van der Waals surface area contributed by atoms with Crippen LogP contribution in [0, 0.1) is 0 Å². The van der Waals surface area contributed by atoms with Crippen LogP contribution in [0.15, 0.2) is 12.7 Å². The van der Waals surface area contributed by atoms with Crippen molar-refractivity contribution in [3.63, 3.8) is 0 Å². The van der Waals surface area contributed by atoms with Crippen molar-refractivity contribution in [1.82, 2.24) is 0 Å². The summed E-state index contributed by atoms with van der Waals surface area (Å²) in [6, 6.07) is 0. The van der Waals surface area contributed by atoms with Crippen molar-refractivity contribution in [3.8, 4) is 0 Å². The molecule has 2 nitrogen and oxygen atoms in total. The number of hydrogen-bond donors (Lipinski definition) is 2. The zero-order valence-electron chi connectivity index (χ0n) is 5.80. The fourth-order valence-electron chi connectivity index (χ4n) is 0.734. The van der Waals surface area contributed by atoms with Crippen molar-refractivity contribution in [2.45, 2.75) is 32.0 Å². The Balaban J connectivity index is 3.55. The fraction of sp³-hybridized carbons (Fsp3) is 0.714. The van der Waals surface area contributed by atoms with Crippen molar-refractivity contribution in [3.05, 3.63) is 12.7 Å². The summed E-state index contributed by atoms with van der Waals surface area (Å²) in [5.74, 6) is -1.52. The average molecular weight is 130 g/mol. The Labute approximate surface area is 55.8 Å². The van der Waals surface area contributed by atoms with Crippen molar-refractivity contribution in [2.24, 2.45) is 0 Å². The third-order valence-corrected chi connectivity index (χ3v) is 1.12. The number of hydrogen-bond acceptors (Lipinski definition) is 2. The topological polar surface area (TPSA) is 40.5 Å². The van der Waals surface area contributed by atoms with Gasteiger partial charge in [-0.25, -0.2) is 0 Å². The Kier molecular flexibility index (Phi) is 3.50. The van der Waals surface area contributed by atoms with E-state index < -0.39 is 5.79 Å². The van der Waals surface area contributed by atoms with Gasteiger partial charge in [0.2, 0.25) is 0 Å². The highest BCUT2D eigenvalue weighted by Gasteiger charge is 2.18. The van der Waals surface area contributed by atoms with E-state index in [0.29, 0.717) is 6.42 Å². The molecule has 0 aromatic heterocycles. The Hall–Kier alpha value is -0.340. The van der Waals surface area contributed by atoms with Gasteiger partial charge < -0.3 is 10.2 Å². The minimum atomic E-state index is -1.52. The Morgan fingerprint density at radius 1 is 1.56 bits per heavy atom. The lowest BCUT2D eigenvalue weighted by Gasteiger charge is -2.18. The van der Waals surface area contributed by atoms with E-state index in [9.17, 15) is 0 Å². The molecule has 0 atom stereocenters. The molecule has 0 aliphatic heterocycles. The van der Waals surface area contributed by atoms with E-state index in [-0.39, 0.29) is 6.42 Å². The SMILES string of the molecule is C=CCC(O)(O)CCC. The number of rotatable bonds is 4.